The zero-order valence-electron chi connectivity index (χ0n) is 19.8. The lowest BCUT2D eigenvalue weighted by Gasteiger charge is -2.23. The lowest BCUT2D eigenvalue weighted by molar-refractivity contribution is 0.0956. The summed E-state index contributed by atoms with van der Waals surface area (Å²) in [5.74, 6) is -0.344. The molecule has 1 amide bonds. The predicted octanol–water partition coefficient (Wildman–Crippen LogP) is 2.80. The van der Waals surface area contributed by atoms with E-state index in [4.69, 9.17) is 0 Å². The second kappa shape index (κ2) is 10.3. The molecule has 11 heteroatoms. The van der Waals surface area contributed by atoms with Gasteiger partial charge in [-0.15, -0.1) is 11.3 Å². The molecule has 0 spiro atoms. The Kier molecular flexibility index (Phi) is 6.90. The Morgan fingerprint density at radius 2 is 1.76 bits per heavy atom. The van der Waals surface area contributed by atoms with Crippen molar-refractivity contribution in [2.24, 2.45) is 0 Å². The number of benzene rings is 1. The second-order valence-electron chi connectivity index (χ2n) is 8.62. The maximum atomic E-state index is 13.4. The van der Waals surface area contributed by atoms with E-state index in [2.05, 4.69) is 10.3 Å². The van der Waals surface area contributed by atoms with Crippen LogP contribution in [0, 0.1) is 0 Å². The Morgan fingerprint density at radius 1 is 1.00 bits per heavy atom. The van der Waals surface area contributed by atoms with Crippen molar-refractivity contribution in [3.8, 4) is 21.6 Å². The van der Waals surface area contributed by atoms with Crippen molar-refractivity contribution in [1.82, 2.24) is 19.4 Å². The second-order valence-corrected chi connectivity index (χ2v) is 11.7. The van der Waals surface area contributed by atoms with Gasteiger partial charge in [-0.2, -0.15) is 0 Å². The van der Waals surface area contributed by atoms with Gasteiger partial charge in [0.05, 0.1) is 16.2 Å². The molecular formula is C26H24N4O5S2. The number of sulfone groups is 1. The zero-order chi connectivity index (χ0) is 26.0. The highest BCUT2D eigenvalue weighted by Crippen LogP contribution is 2.28. The minimum Gasteiger partial charge on any atom is -0.351 e. The summed E-state index contributed by atoms with van der Waals surface area (Å²) in [5.41, 5.74) is 0.161. The fourth-order valence-electron chi connectivity index (χ4n) is 4.42. The fraction of sp³-hybridized carbons (Fsp3) is 0.231. The molecular weight excluding hydrogens is 512 g/mol. The Morgan fingerprint density at radius 3 is 2.51 bits per heavy atom. The zero-order valence-corrected chi connectivity index (χ0v) is 21.4. The molecule has 37 heavy (non-hydrogen) atoms. The highest BCUT2D eigenvalue weighted by atomic mass is 32.2. The first-order valence-corrected chi connectivity index (χ1v) is 14.3. The van der Waals surface area contributed by atoms with Gasteiger partial charge in [0.1, 0.15) is 0 Å². The van der Waals surface area contributed by atoms with E-state index in [-0.39, 0.29) is 41.9 Å². The number of hydrogen-bond donors (Lipinski definition) is 1. The quantitative estimate of drug-likeness (QED) is 0.287. The van der Waals surface area contributed by atoms with Crippen molar-refractivity contribution in [2.75, 3.05) is 12.3 Å². The average molecular weight is 537 g/mol. The summed E-state index contributed by atoms with van der Waals surface area (Å²) in [4.78, 5) is 44.7. The minimum absolute atomic E-state index is 0.0196. The van der Waals surface area contributed by atoms with Crippen LogP contribution in [-0.4, -0.2) is 40.7 Å². The van der Waals surface area contributed by atoms with E-state index in [1.807, 2.05) is 18.2 Å². The lowest BCUT2D eigenvalue weighted by atomic mass is 10.1. The van der Waals surface area contributed by atoms with Gasteiger partial charge >= 0.3 is 5.69 Å². The van der Waals surface area contributed by atoms with Crippen molar-refractivity contribution in [3.05, 3.63) is 92.7 Å². The standard InChI is InChI=1S/C26H24N4O5S2/c31-23(21-9-8-20(36-21)18-10-13-27-14-11-18)28-12-4-15-29-24(32)22(19-6-2-1-3-7-19)25-30(26(29)33)16-5-17-37(25,34)35/h1-3,6-11,13-14H,4-5,12,15-17H2,(H,28,31). The molecule has 0 saturated heterocycles. The number of nitrogens with zero attached hydrogens (tertiary/aromatic N) is 3. The number of fused-ring (bicyclic) bond motifs is 1. The van der Waals surface area contributed by atoms with E-state index in [9.17, 15) is 22.8 Å². The van der Waals surface area contributed by atoms with Gasteiger partial charge in [0.2, 0.25) is 0 Å². The van der Waals surface area contributed by atoms with Gasteiger partial charge in [-0.25, -0.2) is 13.2 Å². The van der Waals surface area contributed by atoms with Crippen LogP contribution < -0.4 is 16.6 Å². The smallest absolute Gasteiger partial charge is 0.332 e. The highest BCUT2D eigenvalue weighted by molar-refractivity contribution is 7.91. The summed E-state index contributed by atoms with van der Waals surface area (Å²) in [6.07, 6.45) is 4.01. The van der Waals surface area contributed by atoms with E-state index >= 15 is 0 Å². The third-order valence-electron chi connectivity index (χ3n) is 6.17. The number of aromatic nitrogens is 3. The number of amides is 1. The fourth-order valence-corrected chi connectivity index (χ4v) is 7.07. The third kappa shape index (κ3) is 4.92. The Bertz CT molecular complexity index is 1670. The Hall–Kier alpha value is -3.83. The number of pyridine rings is 1. The first-order chi connectivity index (χ1) is 17.9. The van der Waals surface area contributed by atoms with E-state index in [0.717, 1.165) is 15.0 Å². The predicted molar refractivity (Wildman–Crippen MR) is 142 cm³/mol. The largest absolute Gasteiger partial charge is 0.351 e. The SMILES string of the molecule is O=C(NCCCn1c(=O)c(-c2ccccc2)c2n(c1=O)CCCS2(=O)=O)c1ccc(-c2ccncc2)s1. The van der Waals surface area contributed by atoms with Crippen LogP contribution in [0.3, 0.4) is 0 Å². The topological polar surface area (TPSA) is 120 Å². The van der Waals surface area contributed by atoms with E-state index in [1.165, 1.54) is 15.9 Å². The Labute approximate surface area is 217 Å². The van der Waals surface area contributed by atoms with Crippen LogP contribution >= 0.6 is 11.3 Å². The number of nitrogens with one attached hydrogen (secondary N) is 1. The molecule has 9 nitrogen and oxygen atoms in total. The highest BCUT2D eigenvalue weighted by Gasteiger charge is 2.32. The molecule has 190 valence electrons. The molecule has 1 aliphatic rings. The van der Waals surface area contributed by atoms with Crippen molar-refractivity contribution in [1.29, 1.82) is 0 Å². The van der Waals surface area contributed by atoms with Gasteiger partial charge in [-0.3, -0.25) is 23.7 Å². The summed E-state index contributed by atoms with van der Waals surface area (Å²) < 4.78 is 28.1. The molecule has 0 unspecified atom stereocenters. The number of carbonyl (C=O) groups is 1. The van der Waals surface area contributed by atoms with Crippen molar-refractivity contribution >= 4 is 27.1 Å². The van der Waals surface area contributed by atoms with Gasteiger partial charge < -0.3 is 5.32 Å². The summed E-state index contributed by atoms with van der Waals surface area (Å²) in [6, 6.07) is 15.9. The molecule has 1 aliphatic heterocycles. The van der Waals surface area contributed by atoms with Crippen LogP contribution in [-0.2, 0) is 22.9 Å². The lowest BCUT2D eigenvalue weighted by Crippen LogP contribution is -2.45. The van der Waals surface area contributed by atoms with Crippen LogP contribution in [0.1, 0.15) is 22.5 Å². The average Bonchev–Trinajstić information content (AvgIpc) is 3.40. The maximum Gasteiger partial charge on any atom is 0.332 e. The maximum absolute atomic E-state index is 13.4. The molecule has 4 heterocycles. The Balaban J connectivity index is 1.35. The summed E-state index contributed by atoms with van der Waals surface area (Å²) in [7, 11) is -3.78. The van der Waals surface area contributed by atoms with Crippen LogP contribution in [0.25, 0.3) is 21.6 Å². The van der Waals surface area contributed by atoms with E-state index in [1.54, 1.807) is 48.8 Å². The van der Waals surface area contributed by atoms with Gasteiger partial charge in [0.15, 0.2) is 14.9 Å². The molecule has 3 aromatic heterocycles. The normalized spacial score (nSPS) is 14.2. The summed E-state index contributed by atoms with van der Waals surface area (Å²) >= 11 is 1.36. The first kappa shape index (κ1) is 24.8. The molecule has 5 rings (SSSR count). The first-order valence-electron chi connectivity index (χ1n) is 11.8. The van der Waals surface area contributed by atoms with Gasteiger partial charge in [-0.05, 0) is 48.2 Å². The van der Waals surface area contributed by atoms with Crippen molar-refractivity contribution in [2.45, 2.75) is 31.0 Å². The van der Waals surface area contributed by atoms with Crippen LogP contribution in [0.2, 0.25) is 0 Å². The van der Waals surface area contributed by atoms with Gasteiger partial charge in [0, 0.05) is 36.9 Å². The molecule has 0 radical (unpaired) electrons. The molecule has 4 aromatic rings. The molecule has 0 bridgehead atoms. The van der Waals surface area contributed by atoms with E-state index < -0.39 is 21.1 Å². The van der Waals surface area contributed by atoms with Gasteiger partial charge in [0.25, 0.3) is 11.5 Å². The molecule has 0 fully saturated rings. The van der Waals surface area contributed by atoms with Crippen LogP contribution in [0.15, 0.2) is 81.6 Å². The molecule has 1 aromatic carbocycles. The monoisotopic (exact) mass is 536 g/mol. The van der Waals surface area contributed by atoms with Crippen LogP contribution in [0.4, 0.5) is 0 Å². The van der Waals surface area contributed by atoms with Crippen LogP contribution in [0.5, 0.6) is 0 Å². The molecule has 1 N–H and O–H groups in total. The number of hydrogen-bond acceptors (Lipinski definition) is 7. The number of thiophene rings is 1. The molecule has 0 atom stereocenters. The molecule has 0 saturated carbocycles. The summed E-state index contributed by atoms with van der Waals surface area (Å²) in [5, 5.41) is 2.63. The van der Waals surface area contributed by atoms with E-state index in [0.29, 0.717) is 23.3 Å². The van der Waals surface area contributed by atoms with Crippen molar-refractivity contribution < 1.29 is 13.2 Å². The molecule has 0 aliphatic carbocycles. The number of rotatable bonds is 7. The summed E-state index contributed by atoms with van der Waals surface area (Å²) in [6.45, 7) is 0.515. The third-order valence-corrected chi connectivity index (χ3v) is 9.14. The number of carbonyl (C=O) groups excluding carboxylic acids is 1. The van der Waals surface area contributed by atoms with Gasteiger partial charge in [-0.1, -0.05) is 30.3 Å². The van der Waals surface area contributed by atoms with Crippen molar-refractivity contribution in [3.63, 3.8) is 0 Å². The minimum atomic E-state index is -3.78.